The molecule has 0 fully saturated rings. The lowest BCUT2D eigenvalue weighted by Gasteiger charge is -1.92. The summed E-state index contributed by atoms with van der Waals surface area (Å²) < 4.78 is 1.38. The van der Waals surface area contributed by atoms with Crippen molar-refractivity contribution in [1.82, 2.24) is 14.6 Å². The van der Waals surface area contributed by atoms with Gasteiger partial charge in [0.25, 0.3) is 0 Å². The van der Waals surface area contributed by atoms with Crippen LogP contribution in [0.2, 0.25) is 15.5 Å². The number of hydrogen-bond donors (Lipinski definition) is 0. The van der Waals surface area contributed by atoms with E-state index in [-0.39, 0.29) is 10.3 Å². The number of fused-ring (bicyclic) bond motifs is 1. The second-order valence-corrected chi connectivity index (χ2v) is 3.22. The van der Waals surface area contributed by atoms with Crippen molar-refractivity contribution in [3.05, 3.63) is 27.6 Å². The Labute approximate surface area is 82.9 Å². The molecule has 0 N–H and O–H groups in total. The fourth-order valence-corrected chi connectivity index (χ4v) is 1.33. The molecule has 0 saturated carbocycles. The molecule has 0 unspecified atom stereocenters. The van der Waals surface area contributed by atoms with Gasteiger partial charge in [0.2, 0.25) is 0 Å². The van der Waals surface area contributed by atoms with E-state index in [1.807, 2.05) is 0 Å². The largest absolute Gasteiger partial charge is 0.214 e. The van der Waals surface area contributed by atoms with Crippen molar-refractivity contribution in [1.29, 1.82) is 0 Å². The minimum atomic E-state index is 0.228. The van der Waals surface area contributed by atoms with Crippen LogP contribution in [0.3, 0.4) is 0 Å². The van der Waals surface area contributed by atoms with Crippen LogP contribution in [0.1, 0.15) is 0 Å². The van der Waals surface area contributed by atoms with Crippen LogP contribution in [0.4, 0.5) is 0 Å². The Bertz CT molecular complexity index is 437. The summed E-state index contributed by atoms with van der Waals surface area (Å²) in [7, 11) is 0. The maximum atomic E-state index is 5.76. The SMILES string of the molecule is Clc1ccc2nc(Cl)c(Cl)n2n1. The van der Waals surface area contributed by atoms with Crippen LogP contribution in [0.15, 0.2) is 12.1 Å². The molecule has 3 nitrogen and oxygen atoms in total. The molecule has 2 aromatic rings. The summed E-state index contributed by atoms with van der Waals surface area (Å²) in [5.41, 5.74) is 0.578. The minimum Gasteiger partial charge on any atom is -0.214 e. The lowest BCUT2D eigenvalue weighted by atomic mass is 10.6. The third-order valence-electron chi connectivity index (χ3n) is 1.35. The van der Waals surface area contributed by atoms with Crippen LogP contribution in [0, 0.1) is 0 Å². The maximum Gasteiger partial charge on any atom is 0.170 e. The first kappa shape index (κ1) is 8.10. The van der Waals surface area contributed by atoms with E-state index in [1.54, 1.807) is 12.1 Å². The van der Waals surface area contributed by atoms with Crippen molar-refractivity contribution < 1.29 is 0 Å². The zero-order valence-electron chi connectivity index (χ0n) is 5.63. The predicted octanol–water partition coefficient (Wildman–Crippen LogP) is 2.69. The fourth-order valence-electron chi connectivity index (χ4n) is 0.857. The monoisotopic (exact) mass is 221 g/mol. The van der Waals surface area contributed by atoms with E-state index in [4.69, 9.17) is 34.8 Å². The molecule has 0 aliphatic rings. The van der Waals surface area contributed by atoms with E-state index in [2.05, 4.69) is 10.1 Å². The van der Waals surface area contributed by atoms with Crippen molar-refractivity contribution in [3.63, 3.8) is 0 Å². The molecular weight excluding hydrogens is 220 g/mol. The second kappa shape index (κ2) is 2.76. The summed E-state index contributed by atoms with van der Waals surface area (Å²) in [5.74, 6) is 0. The molecule has 6 heteroatoms. The first-order chi connectivity index (χ1) is 5.68. The van der Waals surface area contributed by atoms with Gasteiger partial charge in [-0.15, -0.1) is 0 Å². The highest BCUT2D eigenvalue weighted by atomic mass is 35.5. The second-order valence-electron chi connectivity index (χ2n) is 2.12. The molecule has 0 amide bonds. The van der Waals surface area contributed by atoms with Crippen LogP contribution >= 0.6 is 34.8 Å². The quantitative estimate of drug-likeness (QED) is 0.686. The van der Waals surface area contributed by atoms with E-state index >= 15 is 0 Å². The van der Waals surface area contributed by atoms with E-state index in [0.717, 1.165) is 0 Å². The van der Waals surface area contributed by atoms with Gasteiger partial charge >= 0.3 is 0 Å². The number of nitrogens with zero attached hydrogens (tertiary/aromatic N) is 3. The van der Waals surface area contributed by atoms with E-state index in [1.165, 1.54) is 4.52 Å². The molecule has 12 heavy (non-hydrogen) atoms. The summed E-state index contributed by atoms with van der Waals surface area (Å²) in [4.78, 5) is 3.93. The van der Waals surface area contributed by atoms with Crippen molar-refractivity contribution in [3.8, 4) is 0 Å². The van der Waals surface area contributed by atoms with Gasteiger partial charge in [0.15, 0.2) is 16.0 Å². The number of imidazole rings is 1. The molecule has 0 radical (unpaired) electrons. The Hall–Kier alpha value is -0.510. The van der Waals surface area contributed by atoms with Crippen LogP contribution in [0.5, 0.6) is 0 Å². The molecule has 0 atom stereocenters. The normalized spacial score (nSPS) is 10.9. The third kappa shape index (κ3) is 1.14. The van der Waals surface area contributed by atoms with Gasteiger partial charge in [-0.2, -0.15) is 9.61 Å². The van der Waals surface area contributed by atoms with Crippen LogP contribution < -0.4 is 0 Å². The van der Waals surface area contributed by atoms with Crippen LogP contribution in [0.25, 0.3) is 5.65 Å². The number of rotatable bonds is 0. The molecule has 0 aromatic carbocycles. The molecule has 2 rings (SSSR count). The highest BCUT2D eigenvalue weighted by Gasteiger charge is 2.08. The van der Waals surface area contributed by atoms with Crippen molar-refractivity contribution in [2.75, 3.05) is 0 Å². The Kier molecular flexibility index (Phi) is 1.87. The van der Waals surface area contributed by atoms with Gasteiger partial charge < -0.3 is 0 Å². The first-order valence-electron chi connectivity index (χ1n) is 3.05. The van der Waals surface area contributed by atoms with Crippen molar-refractivity contribution in [2.45, 2.75) is 0 Å². The summed E-state index contributed by atoms with van der Waals surface area (Å²) in [6.07, 6.45) is 0. The molecule has 62 valence electrons. The fraction of sp³-hybridized carbons (Fsp3) is 0. The predicted molar refractivity (Wildman–Crippen MR) is 48.0 cm³/mol. The Balaban J connectivity index is 2.88. The molecule has 2 aromatic heterocycles. The van der Waals surface area contributed by atoms with Gasteiger partial charge in [-0.05, 0) is 12.1 Å². The summed E-state index contributed by atoms with van der Waals surface area (Å²) in [6, 6.07) is 3.31. The smallest absolute Gasteiger partial charge is 0.170 e. The molecular formula is C6H2Cl3N3. The molecule has 0 aliphatic carbocycles. The topological polar surface area (TPSA) is 30.2 Å². The van der Waals surface area contributed by atoms with Gasteiger partial charge in [0.05, 0.1) is 0 Å². The minimum absolute atomic E-state index is 0.228. The number of halogens is 3. The number of aromatic nitrogens is 3. The third-order valence-corrected chi connectivity index (χ3v) is 2.25. The van der Waals surface area contributed by atoms with E-state index in [9.17, 15) is 0 Å². The molecule has 0 bridgehead atoms. The Morgan fingerprint density at radius 3 is 2.67 bits per heavy atom. The van der Waals surface area contributed by atoms with Gasteiger partial charge in [0.1, 0.15) is 5.15 Å². The molecule has 0 spiro atoms. The van der Waals surface area contributed by atoms with E-state index in [0.29, 0.717) is 10.8 Å². The maximum absolute atomic E-state index is 5.76. The van der Waals surface area contributed by atoms with Gasteiger partial charge in [-0.1, -0.05) is 34.8 Å². The molecule has 0 aliphatic heterocycles. The Morgan fingerprint density at radius 2 is 1.92 bits per heavy atom. The van der Waals surface area contributed by atoms with Crippen molar-refractivity contribution >= 4 is 40.4 Å². The zero-order valence-corrected chi connectivity index (χ0v) is 7.90. The average Bonchev–Trinajstić information content (AvgIpc) is 2.31. The first-order valence-corrected chi connectivity index (χ1v) is 4.18. The van der Waals surface area contributed by atoms with Crippen LogP contribution in [-0.2, 0) is 0 Å². The van der Waals surface area contributed by atoms with Crippen LogP contribution in [-0.4, -0.2) is 14.6 Å². The highest BCUT2D eigenvalue weighted by molar-refractivity contribution is 6.40. The Morgan fingerprint density at radius 1 is 1.17 bits per heavy atom. The van der Waals surface area contributed by atoms with Gasteiger partial charge in [0, 0.05) is 0 Å². The number of hydrogen-bond acceptors (Lipinski definition) is 2. The lowest BCUT2D eigenvalue weighted by molar-refractivity contribution is 0.937. The molecule has 2 heterocycles. The van der Waals surface area contributed by atoms with Crippen molar-refractivity contribution in [2.24, 2.45) is 0 Å². The standard InChI is InChI=1S/C6H2Cl3N3/c7-3-1-2-4-10-5(8)6(9)12(4)11-3/h1-2H. The zero-order chi connectivity index (χ0) is 8.72. The average molecular weight is 222 g/mol. The summed E-state index contributed by atoms with van der Waals surface area (Å²) >= 11 is 17.1. The van der Waals surface area contributed by atoms with Gasteiger partial charge in [-0.25, -0.2) is 4.98 Å². The summed E-state index contributed by atoms with van der Waals surface area (Å²) in [6.45, 7) is 0. The van der Waals surface area contributed by atoms with E-state index < -0.39 is 0 Å². The highest BCUT2D eigenvalue weighted by Crippen LogP contribution is 2.22. The molecule has 0 saturated heterocycles. The lowest BCUT2D eigenvalue weighted by Crippen LogP contribution is -1.90. The summed E-state index contributed by atoms with van der Waals surface area (Å²) in [5, 5.41) is 4.75. The van der Waals surface area contributed by atoms with Gasteiger partial charge in [-0.3, -0.25) is 0 Å².